The zero-order valence-electron chi connectivity index (χ0n) is 21.0. The highest BCUT2D eigenvalue weighted by atomic mass is 14.3. The summed E-state index contributed by atoms with van der Waals surface area (Å²) >= 11 is 0. The van der Waals surface area contributed by atoms with Gasteiger partial charge in [0, 0.05) is 6.42 Å². The fraction of sp³-hybridized carbons (Fsp3) is 0.552. The van der Waals surface area contributed by atoms with Gasteiger partial charge < -0.3 is 0 Å². The normalized spacial score (nSPS) is 13.7. The average molecular weight is 392 g/mol. The Bertz CT molecular complexity index is 715. The lowest BCUT2D eigenvalue weighted by Crippen LogP contribution is -2.18. The summed E-state index contributed by atoms with van der Waals surface area (Å²) in [6, 6.07) is 14.3. The highest BCUT2D eigenvalue weighted by Crippen LogP contribution is 2.34. The van der Waals surface area contributed by atoms with Gasteiger partial charge >= 0.3 is 0 Å². The minimum absolute atomic E-state index is 0.133. The molecule has 2 aromatic rings. The Morgan fingerprint density at radius 1 is 0.379 bits per heavy atom. The van der Waals surface area contributed by atoms with Crippen LogP contribution < -0.4 is 0 Å². The van der Waals surface area contributed by atoms with Crippen molar-refractivity contribution in [3.05, 3.63) is 76.2 Å². The standard InChI is InChI=1S/C29H43/c1-26(2,3)22-14-20(15-23(18-22)27(4,5)6)13-21-16-24(28(7,8)9)19-25(17-21)29(10,11)12/h13-19H,1-12H3. The van der Waals surface area contributed by atoms with Crippen LogP contribution in [0.4, 0.5) is 0 Å². The molecule has 2 rings (SSSR count). The third-order valence-corrected chi connectivity index (χ3v) is 5.71. The van der Waals surface area contributed by atoms with Crippen LogP contribution >= 0.6 is 0 Å². The maximum absolute atomic E-state index is 2.39. The summed E-state index contributed by atoms with van der Waals surface area (Å²) in [4.78, 5) is 0. The molecule has 0 saturated carbocycles. The quantitative estimate of drug-likeness (QED) is 0.481. The molecule has 0 aliphatic heterocycles. The van der Waals surface area contributed by atoms with Gasteiger partial charge in [-0.25, -0.2) is 0 Å². The molecule has 0 aliphatic rings. The molecule has 0 amide bonds. The van der Waals surface area contributed by atoms with Crippen LogP contribution in [0.2, 0.25) is 0 Å². The number of hydrogen-bond donors (Lipinski definition) is 0. The third kappa shape index (κ3) is 6.21. The zero-order valence-corrected chi connectivity index (χ0v) is 21.0. The van der Waals surface area contributed by atoms with Crippen LogP contribution in [0.15, 0.2) is 36.4 Å². The third-order valence-electron chi connectivity index (χ3n) is 5.71. The van der Waals surface area contributed by atoms with Crippen molar-refractivity contribution >= 4 is 0 Å². The van der Waals surface area contributed by atoms with Crippen LogP contribution in [0, 0.1) is 6.42 Å². The van der Waals surface area contributed by atoms with Crippen LogP contribution in [-0.4, -0.2) is 0 Å². The average Bonchev–Trinajstić information content (AvgIpc) is 2.51. The van der Waals surface area contributed by atoms with Crippen LogP contribution in [0.1, 0.15) is 116 Å². The second kappa shape index (κ2) is 7.60. The lowest BCUT2D eigenvalue weighted by atomic mass is 9.77. The Hall–Kier alpha value is -1.56. The van der Waals surface area contributed by atoms with E-state index in [0.717, 1.165) is 0 Å². The van der Waals surface area contributed by atoms with Crippen LogP contribution in [0.5, 0.6) is 0 Å². The molecule has 0 heterocycles. The Balaban J connectivity index is 2.61. The molecule has 2 aromatic carbocycles. The summed E-state index contributed by atoms with van der Waals surface area (Å²) in [6.45, 7) is 27.6. The minimum Gasteiger partial charge on any atom is -0.0561 e. The molecule has 0 aliphatic carbocycles. The van der Waals surface area contributed by atoms with Crippen molar-refractivity contribution in [2.24, 2.45) is 0 Å². The highest BCUT2D eigenvalue weighted by Gasteiger charge is 2.23. The van der Waals surface area contributed by atoms with Crippen LogP contribution in [0.3, 0.4) is 0 Å². The first-order valence-corrected chi connectivity index (χ1v) is 11.0. The van der Waals surface area contributed by atoms with Gasteiger partial charge in [-0.05, 0) is 55.0 Å². The summed E-state index contributed by atoms with van der Waals surface area (Å²) < 4.78 is 0. The Morgan fingerprint density at radius 2 is 0.586 bits per heavy atom. The largest absolute Gasteiger partial charge is 0.0561 e. The van der Waals surface area contributed by atoms with Crippen LogP contribution in [-0.2, 0) is 21.7 Å². The molecular formula is C29H43. The molecule has 0 atom stereocenters. The Labute approximate surface area is 181 Å². The van der Waals surface area contributed by atoms with E-state index >= 15 is 0 Å². The Morgan fingerprint density at radius 3 is 0.759 bits per heavy atom. The van der Waals surface area contributed by atoms with Gasteiger partial charge in [-0.2, -0.15) is 0 Å². The molecule has 0 aromatic heterocycles. The minimum atomic E-state index is 0.133. The van der Waals surface area contributed by atoms with Gasteiger partial charge in [-0.15, -0.1) is 0 Å². The smallest absolute Gasteiger partial charge is 0.0199 e. The molecule has 29 heavy (non-hydrogen) atoms. The maximum atomic E-state index is 2.39. The van der Waals surface area contributed by atoms with Crippen molar-refractivity contribution in [3.8, 4) is 0 Å². The summed E-state index contributed by atoms with van der Waals surface area (Å²) in [5.41, 5.74) is 8.74. The Kier molecular flexibility index (Phi) is 6.22. The summed E-state index contributed by atoms with van der Waals surface area (Å²) in [5.74, 6) is 0. The monoisotopic (exact) mass is 391 g/mol. The first-order chi connectivity index (χ1) is 12.9. The van der Waals surface area contributed by atoms with E-state index in [4.69, 9.17) is 0 Å². The first kappa shape index (κ1) is 23.7. The van der Waals surface area contributed by atoms with E-state index in [1.165, 1.54) is 33.4 Å². The van der Waals surface area contributed by atoms with E-state index in [-0.39, 0.29) is 21.7 Å². The SMILES string of the molecule is CC(C)(C)c1cc([CH]c2cc(C(C)(C)C)cc(C(C)(C)C)c2)cc(C(C)(C)C)c1. The van der Waals surface area contributed by atoms with E-state index in [9.17, 15) is 0 Å². The molecule has 0 nitrogen and oxygen atoms in total. The van der Waals surface area contributed by atoms with Crippen molar-refractivity contribution in [2.45, 2.75) is 105 Å². The molecule has 0 unspecified atom stereocenters. The zero-order chi connectivity index (χ0) is 22.4. The maximum Gasteiger partial charge on any atom is 0.0199 e. The topological polar surface area (TPSA) is 0 Å². The van der Waals surface area contributed by atoms with Gasteiger partial charge in [-0.1, -0.05) is 119 Å². The molecule has 1 radical (unpaired) electrons. The molecule has 0 heteroatoms. The first-order valence-electron chi connectivity index (χ1n) is 11.0. The van der Waals surface area contributed by atoms with Gasteiger partial charge in [0.2, 0.25) is 0 Å². The summed E-state index contributed by atoms with van der Waals surface area (Å²) in [6.07, 6.45) is 2.37. The van der Waals surface area contributed by atoms with E-state index in [0.29, 0.717) is 0 Å². The fourth-order valence-electron chi connectivity index (χ4n) is 3.39. The molecule has 0 spiro atoms. The predicted octanol–water partition coefficient (Wildman–Crippen LogP) is 8.48. The molecule has 0 N–H and O–H groups in total. The predicted molar refractivity (Wildman–Crippen MR) is 130 cm³/mol. The summed E-state index contributed by atoms with van der Waals surface area (Å²) in [5, 5.41) is 0. The van der Waals surface area contributed by atoms with Gasteiger partial charge in [0.25, 0.3) is 0 Å². The van der Waals surface area contributed by atoms with Gasteiger partial charge in [0.1, 0.15) is 0 Å². The van der Waals surface area contributed by atoms with Gasteiger partial charge in [-0.3, -0.25) is 0 Å². The fourth-order valence-corrected chi connectivity index (χ4v) is 3.39. The van der Waals surface area contributed by atoms with E-state index in [2.05, 4.69) is 126 Å². The van der Waals surface area contributed by atoms with Gasteiger partial charge in [0.05, 0.1) is 0 Å². The second-order valence-corrected chi connectivity index (χ2v) is 12.8. The van der Waals surface area contributed by atoms with E-state index < -0.39 is 0 Å². The van der Waals surface area contributed by atoms with Crippen molar-refractivity contribution in [1.29, 1.82) is 0 Å². The van der Waals surface area contributed by atoms with Crippen LogP contribution in [0.25, 0.3) is 0 Å². The lowest BCUT2D eigenvalue weighted by molar-refractivity contribution is 0.567. The van der Waals surface area contributed by atoms with Gasteiger partial charge in [0.15, 0.2) is 0 Å². The second-order valence-electron chi connectivity index (χ2n) is 12.8. The lowest BCUT2D eigenvalue weighted by Gasteiger charge is -2.27. The molecule has 0 saturated heterocycles. The molecular weight excluding hydrogens is 348 g/mol. The van der Waals surface area contributed by atoms with Crippen molar-refractivity contribution in [1.82, 2.24) is 0 Å². The van der Waals surface area contributed by atoms with Crippen molar-refractivity contribution in [3.63, 3.8) is 0 Å². The molecule has 0 bridgehead atoms. The molecule has 0 fully saturated rings. The number of rotatable bonds is 2. The number of hydrogen-bond acceptors (Lipinski definition) is 0. The number of benzene rings is 2. The van der Waals surface area contributed by atoms with Crippen molar-refractivity contribution < 1.29 is 0 Å². The van der Waals surface area contributed by atoms with E-state index in [1.54, 1.807) is 0 Å². The molecule has 159 valence electrons. The van der Waals surface area contributed by atoms with E-state index in [1.807, 2.05) is 0 Å². The van der Waals surface area contributed by atoms with Crippen molar-refractivity contribution in [2.75, 3.05) is 0 Å². The highest BCUT2D eigenvalue weighted by molar-refractivity contribution is 5.48. The summed E-state index contributed by atoms with van der Waals surface area (Å²) in [7, 11) is 0.